The molecule has 72 valence electrons. The molecular formula is C13H15N. The zero-order valence-corrected chi connectivity index (χ0v) is 8.96. The van der Waals surface area contributed by atoms with Crippen LogP contribution in [0.25, 0.3) is 0 Å². The molecule has 0 fully saturated rings. The molecule has 0 saturated carbocycles. The zero-order valence-electron chi connectivity index (χ0n) is 8.96. The fourth-order valence-electron chi connectivity index (χ4n) is 1.33. The maximum absolute atomic E-state index is 8.62. The van der Waals surface area contributed by atoms with Gasteiger partial charge >= 0.3 is 0 Å². The van der Waals surface area contributed by atoms with E-state index in [4.69, 9.17) is 5.26 Å². The number of hydrogen-bond donors (Lipinski definition) is 0. The van der Waals surface area contributed by atoms with Crippen molar-refractivity contribution in [3.63, 3.8) is 0 Å². The van der Waals surface area contributed by atoms with Gasteiger partial charge in [-0.1, -0.05) is 29.8 Å². The largest absolute Gasteiger partial charge is 0.193 e. The Morgan fingerprint density at radius 3 is 2.79 bits per heavy atom. The molecule has 0 bridgehead atoms. The molecule has 0 aliphatic rings. The van der Waals surface area contributed by atoms with E-state index in [1.165, 1.54) is 16.7 Å². The first kappa shape index (κ1) is 10.5. The predicted octanol–water partition coefficient (Wildman–Crippen LogP) is 3.32. The van der Waals surface area contributed by atoms with Gasteiger partial charge in [-0.25, -0.2) is 0 Å². The smallest absolute Gasteiger partial charge is 0.0940 e. The monoisotopic (exact) mass is 185 g/mol. The van der Waals surface area contributed by atoms with E-state index in [9.17, 15) is 0 Å². The molecular weight excluding hydrogens is 170 g/mol. The van der Waals surface area contributed by atoms with E-state index in [1.54, 1.807) is 0 Å². The molecule has 1 rings (SSSR count). The number of rotatable bonds is 2. The predicted molar refractivity (Wildman–Crippen MR) is 59.0 cm³/mol. The van der Waals surface area contributed by atoms with Gasteiger partial charge in [0.25, 0.3) is 0 Å². The summed E-state index contributed by atoms with van der Waals surface area (Å²) < 4.78 is 0. The third-order valence-corrected chi connectivity index (χ3v) is 2.31. The Bertz CT molecular complexity index is 394. The summed E-state index contributed by atoms with van der Waals surface area (Å²) in [5, 5.41) is 8.62. The van der Waals surface area contributed by atoms with Crippen LogP contribution < -0.4 is 0 Å². The third kappa shape index (κ3) is 2.74. The van der Waals surface area contributed by atoms with Crippen molar-refractivity contribution in [2.45, 2.75) is 27.2 Å². The number of allylic oxidation sites excluding steroid dienone is 2. The average molecular weight is 185 g/mol. The van der Waals surface area contributed by atoms with Crippen LogP contribution in [0.15, 0.2) is 29.8 Å². The minimum atomic E-state index is 0.783. The van der Waals surface area contributed by atoms with Crippen molar-refractivity contribution in [3.05, 3.63) is 46.5 Å². The van der Waals surface area contributed by atoms with Crippen LogP contribution in [-0.4, -0.2) is 0 Å². The lowest BCUT2D eigenvalue weighted by atomic mass is 10.0. The minimum Gasteiger partial charge on any atom is -0.193 e. The molecule has 0 aromatic heterocycles. The van der Waals surface area contributed by atoms with E-state index in [-0.39, 0.29) is 0 Å². The van der Waals surface area contributed by atoms with Gasteiger partial charge in [-0.05, 0) is 38.3 Å². The zero-order chi connectivity index (χ0) is 10.6. The SMILES string of the molecule is C/C(C#N)=C/Cc1cc(C)ccc1C. The molecule has 0 radical (unpaired) electrons. The standard InChI is InChI=1S/C13H15N/c1-10-4-6-12(3)13(8-10)7-5-11(2)9-14/h4-6,8H,7H2,1-3H3/b11-5-. The molecule has 0 spiro atoms. The van der Waals surface area contributed by atoms with Crippen molar-refractivity contribution in [2.75, 3.05) is 0 Å². The normalized spacial score (nSPS) is 11.1. The Morgan fingerprint density at radius 2 is 2.14 bits per heavy atom. The number of nitriles is 1. The molecule has 1 heteroatoms. The summed E-state index contributed by atoms with van der Waals surface area (Å²) >= 11 is 0. The summed E-state index contributed by atoms with van der Waals surface area (Å²) in [4.78, 5) is 0. The van der Waals surface area contributed by atoms with Crippen molar-refractivity contribution >= 4 is 0 Å². The summed E-state index contributed by atoms with van der Waals surface area (Å²) in [7, 11) is 0. The van der Waals surface area contributed by atoms with Crippen LogP contribution in [0.2, 0.25) is 0 Å². The van der Waals surface area contributed by atoms with Crippen LogP contribution in [-0.2, 0) is 6.42 Å². The lowest BCUT2D eigenvalue weighted by Gasteiger charge is -2.03. The fraction of sp³-hybridized carbons (Fsp3) is 0.308. The Hall–Kier alpha value is -1.55. The highest BCUT2D eigenvalue weighted by Gasteiger charge is 1.96. The number of hydrogen-bond acceptors (Lipinski definition) is 1. The van der Waals surface area contributed by atoms with Gasteiger partial charge in [0.15, 0.2) is 0 Å². The molecule has 0 atom stereocenters. The molecule has 0 aliphatic heterocycles. The molecule has 0 saturated heterocycles. The van der Waals surface area contributed by atoms with Crippen LogP contribution >= 0.6 is 0 Å². The molecule has 0 N–H and O–H groups in total. The van der Waals surface area contributed by atoms with Gasteiger partial charge in [0, 0.05) is 5.57 Å². The van der Waals surface area contributed by atoms with E-state index >= 15 is 0 Å². The Labute approximate surface area is 85.7 Å². The molecule has 0 unspecified atom stereocenters. The van der Waals surface area contributed by atoms with E-state index < -0.39 is 0 Å². The topological polar surface area (TPSA) is 23.8 Å². The van der Waals surface area contributed by atoms with Crippen molar-refractivity contribution in [2.24, 2.45) is 0 Å². The lowest BCUT2D eigenvalue weighted by molar-refractivity contribution is 1.18. The van der Waals surface area contributed by atoms with Crippen LogP contribution in [0.3, 0.4) is 0 Å². The van der Waals surface area contributed by atoms with Gasteiger partial charge in [0.2, 0.25) is 0 Å². The summed E-state index contributed by atoms with van der Waals surface area (Å²) in [5.74, 6) is 0. The second-order valence-electron chi connectivity index (χ2n) is 3.63. The van der Waals surface area contributed by atoms with Crippen LogP contribution in [0.4, 0.5) is 0 Å². The number of benzene rings is 1. The van der Waals surface area contributed by atoms with E-state index in [0.29, 0.717) is 0 Å². The van der Waals surface area contributed by atoms with Gasteiger partial charge in [0.05, 0.1) is 6.07 Å². The van der Waals surface area contributed by atoms with Crippen LogP contribution in [0, 0.1) is 25.2 Å². The van der Waals surface area contributed by atoms with Crippen LogP contribution in [0.5, 0.6) is 0 Å². The van der Waals surface area contributed by atoms with Gasteiger partial charge < -0.3 is 0 Å². The average Bonchev–Trinajstić information content (AvgIpc) is 2.19. The van der Waals surface area contributed by atoms with Gasteiger partial charge in [-0.15, -0.1) is 0 Å². The maximum atomic E-state index is 8.62. The first-order chi connectivity index (χ1) is 6.63. The van der Waals surface area contributed by atoms with Crippen molar-refractivity contribution in [1.82, 2.24) is 0 Å². The Kier molecular flexibility index (Phi) is 3.48. The van der Waals surface area contributed by atoms with E-state index in [1.807, 2.05) is 13.0 Å². The summed E-state index contributed by atoms with van der Waals surface area (Å²) in [5.41, 5.74) is 4.65. The lowest BCUT2D eigenvalue weighted by Crippen LogP contribution is -1.88. The first-order valence-electron chi connectivity index (χ1n) is 4.76. The highest BCUT2D eigenvalue weighted by Crippen LogP contribution is 2.12. The third-order valence-electron chi connectivity index (χ3n) is 2.31. The van der Waals surface area contributed by atoms with Crippen molar-refractivity contribution < 1.29 is 0 Å². The molecule has 0 heterocycles. The van der Waals surface area contributed by atoms with E-state index in [0.717, 1.165) is 12.0 Å². The quantitative estimate of drug-likeness (QED) is 0.648. The van der Waals surface area contributed by atoms with Crippen molar-refractivity contribution in [3.8, 4) is 6.07 Å². The van der Waals surface area contributed by atoms with Gasteiger partial charge in [-0.3, -0.25) is 0 Å². The molecule has 1 nitrogen and oxygen atoms in total. The first-order valence-corrected chi connectivity index (χ1v) is 4.76. The highest BCUT2D eigenvalue weighted by molar-refractivity contribution is 5.33. The molecule has 1 aromatic carbocycles. The summed E-state index contributed by atoms with van der Waals surface area (Å²) in [6.45, 7) is 6.03. The minimum absolute atomic E-state index is 0.783. The van der Waals surface area contributed by atoms with Gasteiger partial charge in [-0.2, -0.15) is 5.26 Å². The van der Waals surface area contributed by atoms with E-state index in [2.05, 4.69) is 38.1 Å². The molecule has 0 amide bonds. The molecule has 0 aliphatic carbocycles. The molecule has 1 aromatic rings. The number of nitrogens with zero attached hydrogens (tertiary/aromatic N) is 1. The fourth-order valence-corrected chi connectivity index (χ4v) is 1.33. The van der Waals surface area contributed by atoms with Crippen LogP contribution in [0.1, 0.15) is 23.6 Å². The Balaban J connectivity index is 2.87. The van der Waals surface area contributed by atoms with Crippen molar-refractivity contribution in [1.29, 1.82) is 5.26 Å². The second kappa shape index (κ2) is 4.62. The second-order valence-corrected chi connectivity index (χ2v) is 3.63. The summed E-state index contributed by atoms with van der Waals surface area (Å²) in [6.07, 6.45) is 2.83. The maximum Gasteiger partial charge on any atom is 0.0940 e. The molecule has 14 heavy (non-hydrogen) atoms. The number of aryl methyl sites for hydroxylation is 2. The summed E-state index contributed by atoms with van der Waals surface area (Å²) in [6, 6.07) is 8.54. The van der Waals surface area contributed by atoms with Gasteiger partial charge in [0.1, 0.15) is 0 Å². The highest BCUT2D eigenvalue weighted by atomic mass is 14.2. The Morgan fingerprint density at radius 1 is 1.43 bits per heavy atom.